The second-order valence-electron chi connectivity index (χ2n) is 4.74. The third-order valence-corrected chi connectivity index (χ3v) is 3.66. The van der Waals surface area contributed by atoms with Crippen molar-refractivity contribution in [1.82, 2.24) is 4.90 Å². The fourth-order valence-corrected chi connectivity index (χ4v) is 2.55. The molecule has 0 spiro atoms. The SMILES string of the molecule is C#CCN1CCC(Nc2cc(Cl)ccc2OC)CC1. The Morgan fingerprint density at radius 3 is 2.84 bits per heavy atom. The van der Waals surface area contributed by atoms with Crippen LogP contribution in [0.4, 0.5) is 5.69 Å². The average molecular weight is 279 g/mol. The van der Waals surface area contributed by atoms with E-state index in [-0.39, 0.29) is 0 Å². The van der Waals surface area contributed by atoms with Gasteiger partial charge in [-0.2, -0.15) is 0 Å². The number of benzene rings is 1. The predicted octanol–water partition coefficient (Wildman–Crippen LogP) is 2.86. The molecule has 0 bridgehead atoms. The topological polar surface area (TPSA) is 24.5 Å². The van der Waals surface area contributed by atoms with E-state index < -0.39 is 0 Å². The van der Waals surface area contributed by atoms with Gasteiger partial charge < -0.3 is 10.1 Å². The van der Waals surface area contributed by atoms with Crippen LogP contribution in [0.25, 0.3) is 0 Å². The van der Waals surface area contributed by atoms with Crippen molar-refractivity contribution in [2.75, 3.05) is 32.1 Å². The number of methoxy groups -OCH3 is 1. The lowest BCUT2D eigenvalue weighted by molar-refractivity contribution is 0.243. The summed E-state index contributed by atoms with van der Waals surface area (Å²) in [5, 5.41) is 4.23. The van der Waals surface area contributed by atoms with E-state index >= 15 is 0 Å². The summed E-state index contributed by atoms with van der Waals surface area (Å²) in [6.07, 6.45) is 7.50. The lowest BCUT2D eigenvalue weighted by Crippen LogP contribution is -2.39. The summed E-state index contributed by atoms with van der Waals surface area (Å²) in [4.78, 5) is 2.30. The third-order valence-electron chi connectivity index (χ3n) is 3.42. The zero-order chi connectivity index (χ0) is 13.7. The van der Waals surface area contributed by atoms with Crippen molar-refractivity contribution >= 4 is 17.3 Å². The van der Waals surface area contributed by atoms with Crippen LogP contribution in [0.15, 0.2) is 18.2 Å². The normalized spacial score (nSPS) is 16.9. The van der Waals surface area contributed by atoms with Crippen LogP contribution < -0.4 is 10.1 Å². The second kappa shape index (κ2) is 6.70. The van der Waals surface area contributed by atoms with Crippen molar-refractivity contribution in [3.05, 3.63) is 23.2 Å². The third kappa shape index (κ3) is 3.79. The van der Waals surface area contributed by atoms with E-state index in [1.807, 2.05) is 18.2 Å². The summed E-state index contributed by atoms with van der Waals surface area (Å²) >= 11 is 6.03. The number of hydrogen-bond donors (Lipinski definition) is 1. The number of rotatable bonds is 4. The van der Waals surface area contributed by atoms with Crippen LogP contribution in [0.1, 0.15) is 12.8 Å². The molecule has 0 aliphatic carbocycles. The number of halogens is 1. The summed E-state index contributed by atoms with van der Waals surface area (Å²) in [6.45, 7) is 2.81. The molecule has 19 heavy (non-hydrogen) atoms. The molecule has 0 saturated carbocycles. The molecule has 1 fully saturated rings. The number of likely N-dealkylation sites (tertiary alicyclic amines) is 1. The second-order valence-corrected chi connectivity index (χ2v) is 5.18. The van der Waals surface area contributed by atoms with E-state index in [4.69, 9.17) is 22.8 Å². The standard InChI is InChI=1S/C15H19ClN2O/c1-3-8-18-9-6-13(7-10-18)17-14-11-12(16)4-5-15(14)19-2/h1,4-5,11,13,17H,6-10H2,2H3. The summed E-state index contributed by atoms with van der Waals surface area (Å²) in [7, 11) is 1.67. The highest BCUT2D eigenvalue weighted by Crippen LogP contribution is 2.29. The van der Waals surface area contributed by atoms with Crippen molar-refractivity contribution in [2.24, 2.45) is 0 Å². The highest BCUT2D eigenvalue weighted by Gasteiger charge is 2.19. The van der Waals surface area contributed by atoms with Crippen LogP contribution in [0.3, 0.4) is 0 Å². The number of piperidine rings is 1. The quantitative estimate of drug-likeness (QED) is 0.857. The van der Waals surface area contributed by atoms with Crippen LogP contribution >= 0.6 is 11.6 Å². The Balaban J connectivity index is 1.95. The maximum absolute atomic E-state index is 6.03. The van der Waals surface area contributed by atoms with Crippen molar-refractivity contribution in [1.29, 1.82) is 0 Å². The van der Waals surface area contributed by atoms with Gasteiger partial charge in [0.05, 0.1) is 19.3 Å². The van der Waals surface area contributed by atoms with E-state index in [1.165, 1.54) is 0 Å². The first-order chi connectivity index (χ1) is 9.22. The molecule has 4 heteroatoms. The van der Waals surface area contributed by atoms with E-state index in [0.29, 0.717) is 11.1 Å². The summed E-state index contributed by atoms with van der Waals surface area (Å²) in [5.41, 5.74) is 0.963. The molecule has 0 aromatic heterocycles. The monoisotopic (exact) mass is 278 g/mol. The Morgan fingerprint density at radius 2 is 2.21 bits per heavy atom. The molecule has 2 rings (SSSR count). The van der Waals surface area contributed by atoms with E-state index in [2.05, 4.69) is 16.1 Å². The first-order valence-corrected chi connectivity index (χ1v) is 6.86. The maximum atomic E-state index is 6.03. The molecule has 0 amide bonds. The largest absolute Gasteiger partial charge is 0.495 e. The predicted molar refractivity (Wildman–Crippen MR) is 79.9 cm³/mol. The van der Waals surface area contributed by atoms with Gasteiger partial charge in [0, 0.05) is 24.2 Å². The van der Waals surface area contributed by atoms with Gasteiger partial charge in [0.2, 0.25) is 0 Å². The summed E-state index contributed by atoms with van der Waals surface area (Å²) < 4.78 is 5.34. The van der Waals surface area contributed by atoms with Crippen LogP contribution in [-0.2, 0) is 0 Å². The Bertz CT molecular complexity index is 462. The van der Waals surface area contributed by atoms with E-state index in [1.54, 1.807) is 7.11 Å². The van der Waals surface area contributed by atoms with Gasteiger partial charge in [-0.1, -0.05) is 17.5 Å². The number of ether oxygens (including phenoxy) is 1. The lowest BCUT2D eigenvalue weighted by Gasteiger charge is -2.32. The Morgan fingerprint density at radius 1 is 1.47 bits per heavy atom. The van der Waals surface area contributed by atoms with Crippen molar-refractivity contribution < 1.29 is 4.74 Å². The molecule has 1 aromatic rings. The zero-order valence-electron chi connectivity index (χ0n) is 11.2. The molecular formula is C15H19ClN2O. The average Bonchev–Trinajstić information content (AvgIpc) is 2.42. The van der Waals surface area contributed by atoms with Crippen molar-refractivity contribution in [2.45, 2.75) is 18.9 Å². The molecule has 0 atom stereocenters. The van der Waals surface area contributed by atoms with Gasteiger partial charge in [-0.3, -0.25) is 4.90 Å². The smallest absolute Gasteiger partial charge is 0.142 e. The first-order valence-electron chi connectivity index (χ1n) is 6.49. The molecule has 1 aliphatic rings. The molecule has 3 nitrogen and oxygen atoms in total. The molecule has 1 aliphatic heterocycles. The van der Waals surface area contributed by atoms with Crippen LogP contribution in [0, 0.1) is 12.3 Å². The molecule has 102 valence electrons. The number of terminal acetylenes is 1. The van der Waals surface area contributed by atoms with Gasteiger partial charge in [-0.25, -0.2) is 0 Å². The lowest BCUT2D eigenvalue weighted by atomic mass is 10.0. The van der Waals surface area contributed by atoms with Gasteiger partial charge in [0.25, 0.3) is 0 Å². The number of nitrogens with one attached hydrogen (secondary N) is 1. The molecule has 1 heterocycles. The molecule has 1 saturated heterocycles. The minimum absolute atomic E-state index is 0.446. The van der Waals surface area contributed by atoms with Gasteiger partial charge in [-0.15, -0.1) is 6.42 Å². The highest BCUT2D eigenvalue weighted by molar-refractivity contribution is 6.30. The first kappa shape index (κ1) is 14.0. The Labute approximate surface area is 119 Å². The van der Waals surface area contributed by atoms with Gasteiger partial charge in [0.15, 0.2) is 0 Å². The maximum Gasteiger partial charge on any atom is 0.142 e. The zero-order valence-corrected chi connectivity index (χ0v) is 11.9. The molecular weight excluding hydrogens is 260 g/mol. The van der Waals surface area contributed by atoms with Crippen molar-refractivity contribution in [3.63, 3.8) is 0 Å². The van der Waals surface area contributed by atoms with Crippen LogP contribution in [0.5, 0.6) is 5.75 Å². The minimum Gasteiger partial charge on any atom is -0.495 e. The number of anilines is 1. The number of nitrogens with zero attached hydrogens (tertiary/aromatic N) is 1. The van der Waals surface area contributed by atoms with Gasteiger partial charge in [0.1, 0.15) is 5.75 Å². The van der Waals surface area contributed by atoms with E-state index in [9.17, 15) is 0 Å². The molecule has 0 unspecified atom stereocenters. The molecule has 0 radical (unpaired) electrons. The molecule has 1 aromatic carbocycles. The fraction of sp³-hybridized carbons (Fsp3) is 0.467. The fourth-order valence-electron chi connectivity index (χ4n) is 2.38. The Kier molecular flexibility index (Phi) is 4.95. The minimum atomic E-state index is 0.446. The van der Waals surface area contributed by atoms with Crippen LogP contribution in [0.2, 0.25) is 5.02 Å². The number of hydrogen-bond acceptors (Lipinski definition) is 3. The van der Waals surface area contributed by atoms with E-state index in [0.717, 1.165) is 43.9 Å². The molecule has 1 N–H and O–H groups in total. The summed E-state index contributed by atoms with van der Waals surface area (Å²) in [5.74, 6) is 3.52. The van der Waals surface area contributed by atoms with Crippen molar-refractivity contribution in [3.8, 4) is 18.1 Å². The van der Waals surface area contributed by atoms with Gasteiger partial charge in [-0.05, 0) is 31.0 Å². The summed E-state index contributed by atoms with van der Waals surface area (Å²) in [6, 6.07) is 6.08. The van der Waals surface area contributed by atoms with Gasteiger partial charge >= 0.3 is 0 Å². The Hall–Kier alpha value is -1.37. The van der Waals surface area contributed by atoms with Crippen LogP contribution in [-0.4, -0.2) is 37.7 Å². The highest BCUT2D eigenvalue weighted by atomic mass is 35.5.